The van der Waals surface area contributed by atoms with Gasteiger partial charge in [0, 0.05) is 27.9 Å². The van der Waals surface area contributed by atoms with Gasteiger partial charge in [0.1, 0.15) is 11.2 Å². The van der Waals surface area contributed by atoms with Crippen LogP contribution in [0.4, 0.5) is 0 Å². The van der Waals surface area contributed by atoms with Gasteiger partial charge in [-0.15, -0.1) is 0 Å². The molecule has 0 aliphatic rings. The summed E-state index contributed by atoms with van der Waals surface area (Å²) < 4.78 is 6.39. The van der Waals surface area contributed by atoms with Crippen molar-refractivity contribution in [2.24, 2.45) is 0 Å². The fraction of sp³-hybridized carbons (Fsp3) is 0. The molecular formula is C49H29NO. The molecule has 0 saturated carbocycles. The van der Waals surface area contributed by atoms with Gasteiger partial charge in [0.2, 0.25) is 0 Å². The fourth-order valence-corrected chi connectivity index (χ4v) is 8.21. The van der Waals surface area contributed by atoms with E-state index in [0.29, 0.717) is 0 Å². The largest absolute Gasteiger partial charge is 0.455 e. The Morgan fingerprint density at radius 3 is 1.71 bits per heavy atom. The first-order chi connectivity index (χ1) is 25.3. The van der Waals surface area contributed by atoms with Crippen molar-refractivity contribution < 1.29 is 4.42 Å². The van der Waals surface area contributed by atoms with Crippen LogP contribution >= 0.6 is 0 Å². The molecule has 0 aliphatic heterocycles. The lowest BCUT2D eigenvalue weighted by molar-refractivity contribution is 0.670. The highest BCUT2D eigenvalue weighted by atomic mass is 16.3. The molecule has 0 fully saturated rings. The Bertz CT molecular complexity index is 3100. The highest BCUT2D eigenvalue weighted by Gasteiger charge is 2.18. The van der Waals surface area contributed by atoms with Crippen molar-refractivity contribution in [1.29, 1.82) is 0 Å². The van der Waals surface area contributed by atoms with E-state index in [1.807, 2.05) is 24.4 Å². The summed E-state index contributed by atoms with van der Waals surface area (Å²) in [6.07, 6.45) is 1.85. The molecule has 236 valence electrons. The highest BCUT2D eigenvalue weighted by molar-refractivity contribution is 6.28. The van der Waals surface area contributed by atoms with E-state index < -0.39 is 0 Å². The lowest BCUT2D eigenvalue weighted by atomic mass is 9.85. The van der Waals surface area contributed by atoms with Gasteiger partial charge in [-0.2, -0.15) is 0 Å². The van der Waals surface area contributed by atoms with Gasteiger partial charge in [-0.05, 0) is 102 Å². The van der Waals surface area contributed by atoms with Crippen LogP contribution in [0.15, 0.2) is 180 Å². The third-order valence-electron chi connectivity index (χ3n) is 10.7. The number of nitrogens with zero attached hydrogens (tertiary/aromatic N) is 1. The second-order valence-electron chi connectivity index (χ2n) is 13.5. The minimum absolute atomic E-state index is 0.917. The highest BCUT2D eigenvalue weighted by Crippen LogP contribution is 2.45. The maximum Gasteiger partial charge on any atom is 0.143 e. The average molecular weight is 648 g/mol. The molecule has 2 heterocycles. The molecule has 0 unspecified atom stereocenters. The minimum atomic E-state index is 0.917. The quantitative estimate of drug-likeness (QED) is 0.178. The maximum atomic E-state index is 6.39. The van der Waals surface area contributed by atoms with Gasteiger partial charge in [0.25, 0.3) is 0 Å². The number of aromatic nitrogens is 1. The van der Waals surface area contributed by atoms with Gasteiger partial charge in [-0.1, -0.05) is 140 Å². The first-order valence-electron chi connectivity index (χ1n) is 17.4. The van der Waals surface area contributed by atoms with E-state index in [1.54, 1.807) is 0 Å². The zero-order chi connectivity index (χ0) is 33.5. The zero-order valence-corrected chi connectivity index (χ0v) is 27.6. The first-order valence-corrected chi connectivity index (χ1v) is 17.4. The molecule has 2 heteroatoms. The van der Waals surface area contributed by atoms with Crippen molar-refractivity contribution in [2.75, 3.05) is 0 Å². The van der Waals surface area contributed by atoms with Crippen molar-refractivity contribution in [3.8, 4) is 44.5 Å². The van der Waals surface area contributed by atoms with Gasteiger partial charge in [-0.25, -0.2) is 0 Å². The molecule has 0 amide bonds. The summed E-state index contributed by atoms with van der Waals surface area (Å²) in [5.74, 6) is 0. The van der Waals surface area contributed by atoms with Crippen LogP contribution < -0.4 is 0 Å². The Morgan fingerprint density at radius 2 is 0.961 bits per heavy atom. The molecule has 2 aromatic heterocycles. The summed E-state index contributed by atoms with van der Waals surface area (Å²) in [5, 5.41) is 11.2. The molecular weight excluding hydrogens is 619 g/mol. The molecule has 0 bridgehead atoms. The average Bonchev–Trinajstić information content (AvgIpc) is 3.59. The molecule has 11 rings (SSSR count). The molecule has 2 nitrogen and oxygen atoms in total. The molecule has 0 saturated heterocycles. The number of para-hydroxylation sites is 2. The second-order valence-corrected chi connectivity index (χ2v) is 13.5. The minimum Gasteiger partial charge on any atom is -0.455 e. The maximum absolute atomic E-state index is 6.39. The molecule has 51 heavy (non-hydrogen) atoms. The van der Waals surface area contributed by atoms with Crippen LogP contribution in [-0.2, 0) is 0 Å². The number of hydrogen-bond acceptors (Lipinski definition) is 2. The second kappa shape index (κ2) is 10.9. The lowest BCUT2D eigenvalue weighted by Gasteiger charge is -2.18. The molecule has 0 spiro atoms. The van der Waals surface area contributed by atoms with E-state index in [1.165, 1.54) is 65.7 Å². The van der Waals surface area contributed by atoms with Gasteiger partial charge in [-0.3, -0.25) is 4.98 Å². The van der Waals surface area contributed by atoms with Crippen LogP contribution in [0.2, 0.25) is 0 Å². The summed E-state index contributed by atoms with van der Waals surface area (Å²) in [7, 11) is 0. The molecule has 11 aromatic rings. The molecule has 9 aromatic carbocycles. The van der Waals surface area contributed by atoms with E-state index in [0.717, 1.165) is 44.0 Å². The number of pyridine rings is 1. The van der Waals surface area contributed by atoms with Crippen LogP contribution in [0, 0.1) is 0 Å². The van der Waals surface area contributed by atoms with E-state index in [9.17, 15) is 0 Å². The van der Waals surface area contributed by atoms with Gasteiger partial charge < -0.3 is 4.42 Å². The molecule has 0 aliphatic carbocycles. The van der Waals surface area contributed by atoms with Gasteiger partial charge in [0.05, 0.1) is 5.52 Å². The van der Waals surface area contributed by atoms with Gasteiger partial charge >= 0.3 is 0 Å². The Labute approximate surface area is 294 Å². The molecule has 0 radical (unpaired) electrons. The normalized spacial score (nSPS) is 11.9. The Kier molecular flexibility index (Phi) is 5.99. The monoisotopic (exact) mass is 647 g/mol. The Hall–Kier alpha value is -6.77. The summed E-state index contributed by atoms with van der Waals surface area (Å²) in [6.45, 7) is 0. The van der Waals surface area contributed by atoms with Gasteiger partial charge in [0.15, 0.2) is 0 Å². The predicted molar refractivity (Wildman–Crippen MR) is 214 cm³/mol. The Morgan fingerprint density at radius 1 is 0.353 bits per heavy atom. The molecule has 0 N–H and O–H groups in total. The number of fused-ring (bicyclic) bond motifs is 4. The first kappa shape index (κ1) is 28.1. The summed E-state index contributed by atoms with van der Waals surface area (Å²) >= 11 is 0. The third-order valence-corrected chi connectivity index (χ3v) is 10.7. The van der Waals surface area contributed by atoms with Crippen molar-refractivity contribution in [3.63, 3.8) is 0 Å². The van der Waals surface area contributed by atoms with Crippen LogP contribution in [0.1, 0.15) is 0 Å². The fourth-order valence-electron chi connectivity index (χ4n) is 8.21. The molecule has 0 atom stereocenters. The number of hydrogen-bond donors (Lipinski definition) is 0. The van der Waals surface area contributed by atoms with Crippen LogP contribution in [0.5, 0.6) is 0 Å². The van der Waals surface area contributed by atoms with E-state index in [4.69, 9.17) is 4.42 Å². The van der Waals surface area contributed by atoms with Crippen molar-refractivity contribution >= 4 is 65.2 Å². The van der Waals surface area contributed by atoms with Crippen LogP contribution in [-0.4, -0.2) is 4.98 Å². The number of benzene rings is 9. The standard InChI is InChI=1S/C49H29NO/c1-2-12-46-39(9-1)42-11-4-10-38(49(42)51-46)31-17-19-33(20-18-31)44-29-43(40-24-21-34-6-3-7-35-22-25-41(44)48(40)47(34)35)32-15-13-30(14-16-32)36-23-26-45-37(28-36)8-5-27-50-45/h1-29H. The van der Waals surface area contributed by atoms with Crippen LogP contribution in [0.25, 0.3) is 110 Å². The summed E-state index contributed by atoms with van der Waals surface area (Å²) in [6, 6.07) is 61.6. The van der Waals surface area contributed by atoms with E-state index in [2.05, 4.69) is 157 Å². The van der Waals surface area contributed by atoms with Crippen molar-refractivity contribution in [2.45, 2.75) is 0 Å². The van der Waals surface area contributed by atoms with Crippen LogP contribution in [0.3, 0.4) is 0 Å². The predicted octanol–water partition coefficient (Wildman–Crippen LogP) is 13.7. The third kappa shape index (κ3) is 4.33. The summed E-state index contributed by atoms with van der Waals surface area (Å²) in [4.78, 5) is 4.50. The number of furan rings is 1. The van der Waals surface area contributed by atoms with Crippen molar-refractivity contribution in [3.05, 3.63) is 176 Å². The summed E-state index contributed by atoms with van der Waals surface area (Å²) in [5.41, 5.74) is 12.4. The smallest absolute Gasteiger partial charge is 0.143 e. The van der Waals surface area contributed by atoms with E-state index >= 15 is 0 Å². The Balaban J connectivity index is 1.07. The topological polar surface area (TPSA) is 26.0 Å². The van der Waals surface area contributed by atoms with Crippen molar-refractivity contribution in [1.82, 2.24) is 4.98 Å². The zero-order valence-electron chi connectivity index (χ0n) is 27.6. The SMILES string of the molecule is c1cnc2ccc(-c3ccc(-c4cc(-c5ccc(-c6cccc7c6oc6ccccc67)cc5)c5ccc6cccc7ccc4c5c76)cc3)cc2c1. The lowest BCUT2D eigenvalue weighted by Crippen LogP contribution is -1.91. The van der Waals surface area contributed by atoms with E-state index in [-0.39, 0.29) is 0 Å². The number of rotatable bonds is 4.